The van der Waals surface area contributed by atoms with Gasteiger partial charge in [-0.3, -0.25) is 4.79 Å². The molecule has 0 bridgehead atoms. The summed E-state index contributed by atoms with van der Waals surface area (Å²) in [7, 11) is 0. The number of carbonyl (C=O) groups is 1. The maximum absolute atomic E-state index is 13.5. The van der Waals surface area contributed by atoms with E-state index in [1.54, 1.807) is 18.2 Å². The number of benzene rings is 4. The van der Waals surface area contributed by atoms with E-state index in [1.165, 1.54) is 30.4 Å². The molecule has 6 heteroatoms. The van der Waals surface area contributed by atoms with Gasteiger partial charge >= 0.3 is 5.63 Å². The maximum Gasteiger partial charge on any atom is 0.343 e. The Morgan fingerprint density at radius 1 is 0.821 bits per heavy atom. The van der Waals surface area contributed by atoms with E-state index in [9.17, 15) is 19.8 Å². The van der Waals surface area contributed by atoms with Gasteiger partial charge in [0.15, 0.2) is 5.58 Å². The van der Waals surface area contributed by atoms with E-state index < -0.39 is 11.5 Å². The third-order valence-corrected chi connectivity index (χ3v) is 8.22. The van der Waals surface area contributed by atoms with Crippen molar-refractivity contribution in [2.24, 2.45) is 0 Å². The normalized spacial score (nSPS) is 12.1. The van der Waals surface area contributed by atoms with Crippen LogP contribution >= 0.6 is 11.3 Å². The smallest absolute Gasteiger partial charge is 0.343 e. The van der Waals surface area contributed by atoms with Gasteiger partial charge in [-0.15, -0.1) is 11.3 Å². The number of rotatable bonds is 6. The van der Waals surface area contributed by atoms with Crippen molar-refractivity contribution in [2.75, 3.05) is 0 Å². The molecule has 6 rings (SSSR count). The molecule has 0 aliphatic carbocycles. The summed E-state index contributed by atoms with van der Waals surface area (Å²) >= 11 is 1.52. The highest BCUT2D eigenvalue weighted by Gasteiger charge is 2.28. The van der Waals surface area contributed by atoms with Crippen molar-refractivity contribution in [1.82, 2.24) is 0 Å². The zero-order valence-corrected chi connectivity index (χ0v) is 21.9. The number of phenols is 1. The van der Waals surface area contributed by atoms with E-state index in [1.807, 2.05) is 42.5 Å². The minimum atomic E-state index is -0.720. The number of Topliss-reactive ketones (excluding diaryl/α,β-unsaturated/α-hetero) is 1. The Hall–Kier alpha value is -4.68. The van der Waals surface area contributed by atoms with Crippen LogP contribution in [0, 0.1) is 0 Å². The third kappa shape index (κ3) is 4.39. The molecule has 2 aromatic heterocycles. The van der Waals surface area contributed by atoms with Crippen LogP contribution in [0.3, 0.4) is 0 Å². The summed E-state index contributed by atoms with van der Waals surface area (Å²) in [6.45, 7) is 1.44. The van der Waals surface area contributed by atoms with E-state index >= 15 is 0 Å². The summed E-state index contributed by atoms with van der Waals surface area (Å²) in [5.74, 6) is -0.986. The molecular formula is C33H24O5S. The van der Waals surface area contributed by atoms with Crippen molar-refractivity contribution >= 4 is 38.2 Å². The first-order valence-corrected chi connectivity index (χ1v) is 13.4. The second kappa shape index (κ2) is 9.89. The van der Waals surface area contributed by atoms with Gasteiger partial charge in [0.25, 0.3) is 0 Å². The number of ketones is 1. The van der Waals surface area contributed by atoms with Crippen molar-refractivity contribution in [2.45, 2.75) is 19.3 Å². The van der Waals surface area contributed by atoms with Gasteiger partial charge in [0.1, 0.15) is 17.3 Å². The van der Waals surface area contributed by atoms with Gasteiger partial charge in [0, 0.05) is 28.2 Å². The Balaban J connectivity index is 1.63. The second-order valence-electron chi connectivity index (χ2n) is 9.56. The van der Waals surface area contributed by atoms with Crippen LogP contribution in [0.4, 0.5) is 0 Å². The number of aromatic hydroxyl groups is 2. The maximum atomic E-state index is 13.5. The van der Waals surface area contributed by atoms with E-state index in [4.69, 9.17) is 4.42 Å². The van der Waals surface area contributed by atoms with Crippen LogP contribution in [0.5, 0.6) is 11.5 Å². The van der Waals surface area contributed by atoms with Gasteiger partial charge in [-0.25, -0.2) is 4.79 Å². The fraction of sp³-hybridized carbons (Fsp3) is 0.0909. The molecule has 0 fully saturated rings. The molecule has 0 aliphatic rings. The van der Waals surface area contributed by atoms with Crippen LogP contribution in [-0.4, -0.2) is 16.0 Å². The Morgan fingerprint density at radius 3 is 2.08 bits per heavy atom. The average molecular weight is 533 g/mol. The number of fused-ring (bicyclic) bond motifs is 3. The lowest BCUT2D eigenvalue weighted by Gasteiger charge is -2.17. The zero-order chi connectivity index (χ0) is 27.1. The highest BCUT2D eigenvalue weighted by Crippen LogP contribution is 2.48. The van der Waals surface area contributed by atoms with Crippen LogP contribution in [0.1, 0.15) is 30.4 Å². The lowest BCUT2D eigenvalue weighted by Crippen LogP contribution is -2.16. The van der Waals surface area contributed by atoms with Crippen LogP contribution < -0.4 is 5.63 Å². The van der Waals surface area contributed by atoms with Crippen LogP contribution in [0.2, 0.25) is 0 Å². The molecule has 0 radical (unpaired) electrons. The summed E-state index contributed by atoms with van der Waals surface area (Å²) < 4.78 is 6.73. The fourth-order valence-corrected chi connectivity index (χ4v) is 6.50. The molecule has 0 saturated carbocycles. The van der Waals surface area contributed by atoms with Crippen molar-refractivity contribution < 1.29 is 19.4 Å². The molecule has 5 nitrogen and oxygen atoms in total. The van der Waals surface area contributed by atoms with Crippen LogP contribution in [0.25, 0.3) is 42.6 Å². The summed E-state index contributed by atoms with van der Waals surface area (Å²) in [6, 6.07) is 30.1. The Morgan fingerprint density at radius 2 is 1.44 bits per heavy atom. The Kier molecular flexibility index (Phi) is 6.25. The monoisotopic (exact) mass is 532 g/mol. The van der Waals surface area contributed by atoms with Gasteiger partial charge in [-0.05, 0) is 41.8 Å². The van der Waals surface area contributed by atoms with E-state index in [-0.39, 0.29) is 29.3 Å². The zero-order valence-electron chi connectivity index (χ0n) is 21.0. The molecule has 0 aliphatic heterocycles. The highest BCUT2D eigenvalue weighted by atomic mass is 32.1. The van der Waals surface area contributed by atoms with Gasteiger partial charge in [0.2, 0.25) is 0 Å². The molecule has 4 aromatic carbocycles. The van der Waals surface area contributed by atoms with Gasteiger partial charge in [0.05, 0.1) is 15.6 Å². The molecular weight excluding hydrogens is 508 g/mol. The molecule has 0 amide bonds. The van der Waals surface area contributed by atoms with Crippen molar-refractivity contribution in [3.8, 4) is 33.1 Å². The number of thiophene rings is 1. The summed E-state index contributed by atoms with van der Waals surface area (Å²) in [5.41, 5.74) is 3.40. The number of hydrogen-bond donors (Lipinski definition) is 2. The first-order chi connectivity index (χ1) is 18.9. The number of hydrogen-bond acceptors (Lipinski definition) is 6. The first-order valence-electron chi connectivity index (χ1n) is 12.6. The molecule has 0 saturated heterocycles. The third-order valence-electron chi connectivity index (χ3n) is 6.97. The van der Waals surface area contributed by atoms with Crippen LogP contribution in [-0.2, 0) is 4.79 Å². The SMILES string of the molecule is CC(=O)CC(c1ccc(O)cc1)c1c(O)c2ccc3c(-c4ccccc4)c(-c4ccccc4)sc3c2oc1=O. The average Bonchev–Trinajstić information content (AvgIpc) is 3.34. The summed E-state index contributed by atoms with van der Waals surface area (Å²) in [6.07, 6.45) is 0.00611. The summed E-state index contributed by atoms with van der Waals surface area (Å²) in [5, 5.41) is 22.5. The Labute approximate surface area is 228 Å². The largest absolute Gasteiger partial charge is 0.508 e. The molecule has 6 aromatic rings. The number of carbonyl (C=O) groups excluding carboxylic acids is 1. The summed E-state index contributed by atoms with van der Waals surface area (Å²) in [4.78, 5) is 26.7. The van der Waals surface area contributed by atoms with Crippen molar-refractivity contribution in [3.63, 3.8) is 0 Å². The number of phenolic OH excluding ortho intramolecular Hbond substituents is 1. The van der Waals surface area contributed by atoms with E-state index in [0.717, 1.165) is 31.7 Å². The molecule has 39 heavy (non-hydrogen) atoms. The standard InChI is InChI=1S/C33H24O5S/c1-19(34)18-26(20-12-14-23(35)15-13-20)28-29(36)25-17-16-24-27(21-8-4-2-5-9-21)31(22-10-6-3-7-11-22)39-32(24)30(25)38-33(28)37/h2-17,26,35-36H,18H2,1H3. The first kappa shape index (κ1) is 24.6. The second-order valence-corrected chi connectivity index (χ2v) is 10.6. The highest BCUT2D eigenvalue weighted by molar-refractivity contribution is 7.24. The lowest BCUT2D eigenvalue weighted by atomic mass is 9.87. The van der Waals surface area contributed by atoms with Gasteiger partial charge < -0.3 is 14.6 Å². The van der Waals surface area contributed by atoms with Crippen molar-refractivity contribution in [3.05, 3.63) is 119 Å². The molecule has 192 valence electrons. The Bertz CT molecular complexity index is 1890. The molecule has 2 N–H and O–H groups in total. The lowest BCUT2D eigenvalue weighted by molar-refractivity contribution is -0.117. The predicted molar refractivity (Wildman–Crippen MR) is 156 cm³/mol. The van der Waals surface area contributed by atoms with Crippen molar-refractivity contribution in [1.29, 1.82) is 0 Å². The quantitative estimate of drug-likeness (QED) is 0.213. The fourth-order valence-electron chi connectivity index (χ4n) is 5.19. The van der Waals surface area contributed by atoms with Gasteiger partial charge in [-0.1, -0.05) is 78.9 Å². The molecule has 1 unspecified atom stereocenters. The molecule has 0 spiro atoms. The topological polar surface area (TPSA) is 87.7 Å². The minimum absolute atomic E-state index is 0.00611. The predicted octanol–water partition coefficient (Wildman–Crippen LogP) is 7.86. The van der Waals surface area contributed by atoms with Crippen LogP contribution in [0.15, 0.2) is 106 Å². The molecule has 1 atom stereocenters. The molecule has 2 heterocycles. The van der Waals surface area contributed by atoms with Gasteiger partial charge in [-0.2, -0.15) is 0 Å². The van der Waals surface area contributed by atoms with E-state index in [0.29, 0.717) is 16.5 Å². The minimum Gasteiger partial charge on any atom is -0.508 e. The van der Waals surface area contributed by atoms with E-state index in [2.05, 4.69) is 24.3 Å².